The van der Waals surface area contributed by atoms with Gasteiger partial charge in [-0.3, -0.25) is 4.79 Å². The zero-order chi connectivity index (χ0) is 14.2. The second kappa shape index (κ2) is 4.99. The average molecular weight is 266 g/mol. The number of rotatable bonds is 2. The van der Waals surface area contributed by atoms with Gasteiger partial charge in [0.15, 0.2) is 0 Å². The van der Waals surface area contributed by atoms with Crippen LogP contribution in [0.1, 0.15) is 45.4 Å². The molecule has 0 radical (unpaired) electrons. The van der Waals surface area contributed by atoms with E-state index < -0.39 is 11.9 Å². The lowest BCUT2D eigenvalue weighted by molar-refractivity contribution is -0.164. The molecule has 0 atom stereocenters. The molecule has 0 amide bonds. The van der Waals surface area contributed by atoms with E-state index in [1.54, 1.807) is 0 Å². The molecule has 0 aromatic heterocycles. The van der Waals surface area contributed by atoms with Crippen LogP contribution in [-0.2, 0) is 9.59 Å². The molecule has 0 spiro atoms. The van der Waals surface area contributed by atoms with E-state index in [4.69, 9.17) is 5.11 Å². The molecule has 4 aliphatic carbocycles. The van der Waals surface area contributed by atoms with Crippen molar-refractivity contribution in [2.75, 3.05) is 0 Å². The second-order valence-corrected chi connectivity index (χ2v) is 6.59. The molecule has 19 heavy (non-hydrogen) atoms. The van der Waals surface area contributed by atoms with Crippen molar-refractivity contribution in [3.8, 4) is 0 Å². The van der Waals surface area contributed by atoms with Crippen molar-refractivity contribution in [2.24, 2.45) is 23.2 Å². The first-order valence-corrected chi connectivity index (χ1v) is 6.94. The second-order valence-electron chi connectivity index (χ2n) is 6.59. The van der Waals surface area contributed by atoms with E-state index in [1.807, 2.05) is 0 Å². The number of carboxylic acid groups (broad SMARTS) is 2. The van der Waals surface area contributed by atoms with Gasteiger partial charge < -0.3 is 10.2 Å². The molecular weight excluding hydrogens is 244 g/mol. The number of carboxylic acids is 2. The van der Waals surface area contributed by atoms with Crippen LogP contribution in [-0.4, -0.2) is 22.2 Å². The van der Waals surface area contributed by atoms with Gasteiger partial charge in [0.2, 0.25) is 0 Å². The Bertz CT molecular complexity index is 363. The molecule has 4 rings (SSSR count). The van der Waals surface area contributed by atoms with Crippen molar-refractivity contribution in [3.63, 3.8) is 0 Å². The van der Waals surface area contributed by atoms with Crippen LogP contribution in [0.2, 0.25) is 0 Å². The highest BCUT2D eigenvalue weighted by Gasteiger charge is 2.54. The molecule has 0 heterocycles. The molecule has 4 heteroatoms. The van der Waals surface area contributed by atoms with Crippen molar-refractivity contribution in [1.29, 1.82) is 0 Å². The Balaban J connectivity index is 0.000000192. The maximum atomic E-state index is 11.3. The van der Waals surface area contributed by atoms with Gasteiger partial charge in [-0.05, 0) is 63.2 Å². The first-order chi connectivity index (χ1) is 8.82. The van der Waals surface area contributed by atoms with E-state index in [0.717, 1.165) is 37.0 Å². The van der Waals surface area contributed by atoms with Gasteiger partial charge >= 0.3 is 11.9 Å². The predicted molar refractivity (Wildman–Crippen MR) is 70.7 cm³/mol. The van der Waals surface area contributed by atoms with Crippen LogP contribution < -0.4 is 0 Å². The quantitative estimate of drug-likeness (QED) is 0.753. The zero-order valence-electron chi connectivity index (χ0n) is 11.4. The van der Waals surface area contributed by atoms with Gasteiger partial charge in [-0.15, -0.1) is 0 Å². The number of carbonyl (C=O) groups is 2. The standard InChI is InChI=1S/C11H16O2.C4H6O2/c12-10(13)11-4-7-1-8(5-11)3-9(2-7)6-11;1-3(2)4(5)6/h7-9H,1-6H2,(H,12,13);1H2,2H3,(H,5,6). The molecule has 0 aliphatic heterocycles. The Morgan fingerprint density at radius 1 is 1.00 bits per heavy atom. The fraction of sp³-hybridized carbons (Fsp3) is 0.733. The highest BCUT2D eigenvalue weighted by atomic mass is 16.4. The van der Waals surface area contributed by atoms with Gasteiger partial charge in [-0.25, -0.2) is 4.79 Å². The van der Waals surface area contributed by atoms with Gasteiger partial charge in [-0.1, -0.05) is 6.58 Å². The lowest BCUT2D eigenvalue weighted by Crippen LogP contribution is -2.49. The molecule has 0 saturated heterocycles. The van der Waals surface area contributed by atoms with Gasteiger partial charge in [0.25, 0.3) is 0 Å². The Labute approximate surface area is 113 Å². The largest absolute Gasteiger partial charge is 0.481 e. The molecule has 4 aliphatic rings. The maximum Gasteiger partial charge on any atom is 0.330 e. The third-order valence-electron chi connectivity index (χ3n) is 4.86. The van der Waals surface area contributed by atoms with Gasteiger partial charge in [0, 0.05) is 5.57 Å². The highest BCUT2D eigenvalue weighted by molar-refractivity contribution is 5.84. The van der Waals surface area contributed by atoms with Crippen molar-refractivity contribution >= 4 is 11.9 Å². The fourth-order valence-electron chi connectivity index (χ4n) is 4.37. The Morgan fingerprint density at radius 3 is 1.53 bits per heavy atom. The smallest absolute Gasteiger partial charge is 0.330 e. The normalized spacial score (nSPS) is 38.3. The minimum Gasteiger partial charge on any atom is -0.481 e. The van der Waals surface area contributed by atoms with Crippen LogP contribution in [0, 0.1) is 23.2 Å². The number of hydrogen-bond acceptors (Lipinski definition) is 2. The van der Waals surface area contributed by atoms with Crippen molar-refractivity contribution in [2.45, 2.75) is 45.4 Å². The summed E-state index contributed by atoms with van der Waals surface area (Å²) in [5, 5.41) is 17.2. The summed E-state index contributed by atoms with van der Waals surface area (Å²) in [7, 11) is 0. The van der Waals surface area contributed by atoms with Crippen molar-refractivity contribution in [1.82, 2.24) is 0 Å². The number of aliphatic carboxylic acids is 2. The summed E-state index contributed by atoms with van der Waals surface area (Å²) in [5.41, 5.74) is -0.107. The lowest BCUT2D eigenvalue weighted by atomic mass is 9.49. The molecular formula is C15H22O4. The lowest BCUT2D eigenvalue weighted by Gasteiger charge is -2.54. The van der Waals surface area contributed by atoms with Gasteiger partial charge in [0.05, 0.1) is 5.41 Å². The topological polar surface area (TPSA) is 74.6 Å². The fourth-order valence-corrected chi connectivity index (χ4v) is 4.37. The van der Waals surface area contributed by atoms with Gasteiger partial charge in [0.1, 0.15) is 0 Å². The van der Waals surface area contributed by atoms with Crippen LogP contribution >= 0.6 is 0 Å². The maximum absolute atomic E-state index is 11.3. The Kier molecular flexibility index (Phi) is 3.70. The Morgan fingerprint density at radius 2 is 1.32 bits per heavy atom. The summed E-state index contributed by atoms with van der Waals surface area (Å²) in [5.74, 6) is 0.814. The minimum absolute atomic E-state index is 0.176. The molecule has 0 unspecified atom stereocenters. The van der Waals surface area contributed by atoms with Crippen LogP contribution in [0.3, 0.4) is 0 Å². The zero-order valence-corrected chi connectivity index (χ0v) is 11.4. The van der Waals surface area contributed by atoms with Crippen LogP contribution in [0.15, 0.2) is 12.2 Å². The van der Waals surface area contributed by atoms with Crippen LogP contribution in [0.4, 0.5) is 0 Å². The summed E-state index contributed by atoms with van der Waals surface area (Å²) in [4.78, 5) is 20.9. The molecule has 4 nitrogen and oxygen atoms in total. The first kappa shape index (κ1) is 14.1. The van der Waals surface area contributed by atoms with Crippen molar-refractivity contribution < 1.29 is 19.8 Å². The van der Waals surface area contributed by atoms with Crippen LogP contribution in [0.5, 0.6) is 0 Å². The van der Waals surface area contributed by atoms with E-state index in [0.29, 0.717) is 0 Å². The summed E-state index contributed by atoms with van der Waals surface area (Å²) < 4.78 is 0. The predicted octanol–water partition coefficient (Wildman–Crippen LogP) is 2.93. The van der Waals surface area contributed by atoms with Crippen molar-refractivity contribution in [3.05, 3.63) is 12.2 Å². The third-order valence-corrected chi connectivity index (χ3v) is 4.86. The number of hydrogen-bond donors (Lipinski definition) is 2. The van der Waals surface area contributed by atoms with E-state index in [-0.39, 0.29) is 11.0 Å². The van der Waals surface area contributed by atoms with E-state index in [9.17, 15) is 14.7 Å². The minimum atomic E-state index is -0.935. The third kappa shape index (κ3) is 2.82. The SMILES string of the molecule is C=C(C)C(=O)O.O=C(O)C12CC3CC(CC(C3)C1)C2. The molecule has 2 N–H and O–H groups in total. The van der Waals surface area contributed by atoms with Crippen LogP contribution in [0.25, 0.3) is 0 Å². The molecule has 4 saturated carbocycles. The average Bonchev–Trinajstić information content (AvgIpc) is 2.27. The molecule has 0 aromatic rings. The molecule has 106 valence electrons. The molecule has 4 bridgehead atoms. The summed E-state index contributed by atoms with van der Waals surface area (Å²) in [6, 6.07) is 0. The monoisotopic (exact) mass is 266 g/mol. The summed E-state index contributed by atoms with van der Waals surface area (Å²) >= 11 is 0. The van der Waals surface area contributed by atoms with E-state index in [1.165, 1.54) is 26.2 Å². The molecule has 0 aromatic carbocycles. The first-order valence-electron chi connectivity index (χ1n) is 6.94. The molecule has 4 fully saturated rings. The van der Waals surface area contributed by atoms with E-state index >= 15 is 0 Å². The Hall–Kier alpha value is -1.32. The highest BCUT2D eigenvalue weighted by Crippen LogP contribution is 2.59. The summed E-state index contributed by atoms with van der Waals surface area (Å²) in [6.07, 6.45) is 6.92. The van der Waals surface area contributed by atoms with E-state index in [2.05, 4.69) is 6.58 Å². The van der Waals surface area contributed by atoms with Gasteiger partial charge in [-0.2, -0.15) is 0 Å². The summed E-state index contributed by atoms with van der Waals surface area (Å²) in [6.45, 7) is 4.60.